The first-order valence-electron chi connectivity index (χ1n) is 13.1. The summed E-state index contributed by atoms with van der Waals surface area (Å²) in [6.07, 6.45) is 1.70. The molecule has 204 valence electrons. The van der Waals surface area contributed by atoms with Gasteiger partial charge in [-0.1, -0.05) is 36.4 Å². The fourth-order valence-corrected chi connectivity index (χ4v) is 4.83. The summed E-state index contributed by atoms with van der Waals surface area (Å²) in [4.78, 5) is 32.7. The van der Waals surface area contributed by atoms with E-state index >= 15 is 4.39 Å². The van der Waals surface area contributed by atoms with Crippen molar-refractivity contribution < 1.29 is 18.7 Å². The highest BCUT2D eigenvalue weighted by atomic mass is 19.1. The van der Waals surface area contributed by atoms with Crippen molar-refractivity contribution in [3.63, 3.8) is 0 Å². The smallest absolute Gasteiger partial charge is 0.323 e. The Morgan fingerprint density at radius 3 is 2.37 bits per heavy atom. The van der Waals surface area contributed by atoms with E-state index in [0.29, 0.717) is 57.4 Å². The van der Waals surface area contributed by atoms with E-state index in [1.165, 1.54) is 6.07 Å². The van der Waals surface area contributed by atoms with Gasteiger partial charge in [0.2, 0.25) is 0 Å². The number of ether oxygens (including phenoxy) is 1. The average Bonchev–Trinajstić information content (AvgIpc) is 3.59. The second-order valence-corrected chi connectivity index (χ2v) is 9.68. The summed E-state index contributed by atoms with van der Waals surface area (Å²) < 4.78 is 21.1. The van der Waals surface area contributed by atoms with Crippen LogP contribution in [0.15, 0.2) is 91.1 Å². The van der Waals surface area contributed by atoms with Gasteiger partial charge in [-0.2, -0.15) is 0 Å². The molecule has 1 aliphatic heterocycles. The quantitative estimate of drug-likeness (QED) is 0.183. The standard InChI is InChI=1S/C32H26FN5O3/c1-19-16-34-30(36-19)26-14-13-24(27-17-35-31(39)29(26)27)25-12-9-22(15-28(25)33)38-32(40)37-21-7-10-23(11-8-21)41-18-20-5-3-2-4-6-20/h2-16H,17-18H2,1H3,(H,34,36)(H,35,39)(H2,37,38,40). The van der Waals surface area contributed by atoms with E-state index in [1.807, 2.05) is 37.3 Å². The molecular weight excluding hydrogens is 521 g/mol. The molecule has 1 aromatic heterocycles. The Kier molecular flexibility index (Phi) is 6.91. The molecule has 2 heterocycles. The maximum atomic E-state index is 15.3. The van der Waals surface area contributed by atoms with Gasteiger partial charge in [-0.25, -0.2) is 14.2 Å². The van der Waals surface area contributed by atoms with Crippen LogP contribution in [0.3, 0.4) is 0 Å². The second-order valence-electron chi connectivity index (χ2n) is 9.68. The molecule has 0 spiro atoms. The van der Waals surface area contributed by atoms with E-state index in [9.17, 15) is 9.59 Å². The number of hydrogen-bond donors (Lipinski definition) is 4. The summed E-state index contributed by atoms with van der Waals surface area (Å²) in [6.45, 7) is 2.61. The lowest BCUT2D eigenvalue weighted by Crippen LogP contribution is -2.19. The topological polar surface area (TPSA) is 108 Å². The fraction of sp³-hybridized carbons (Fsp3) is 0.0938. The van der Waals surface area contributed by atoms with E-state index in [4.69, 9.17) is 4.74 Å². The van der Waals surface area contributed by atoms with Gasteiger partial charge in [-0.05, 0) is 72.1 Å². The van der Waals surface area contributed by atoms with Crippen molar-refractivity contribution in [2.45, 2.75) is 20.1 Å². The molecule has 3 amide bonds. The van der Waals surface area contributed by atoms with Crippen LogP contribution in [0.2, 0.25) is 0 Å². The molecule has 0 saturated heterocycles. The van der Waals surface area contributed by atoms with Crippen LogP contribution in [0, 0.1) is 12.7 Å². The zero-order valence-electron chi connectivity index (χ0n) is 22.1. The van der Waals surface area contributed by atoms with Crippen molar-refractivity contribution in [1.29, 1.82) is 0 Å². The van der Waals surface area contributed by atoms with E-state index in [-0.39, 0.29) is 12.5 Å². The predicted molar refractivity (Wildman–Crippen MR) is 155 cm³/mol. The Labute approximate surface area is 235 Å². The number of fused-ring (bicyclic) bond motifs is 1. The number of halogens is 1. The van der Waals surface area contributed by atoms with Crippen LogP contribution < -0.4 is 20.7 Å². The molecule has 0 atom stereocenters. The molecule has 4 aromatic carbocycles. The van der Waals surface area contributed by atoms with E-state index in [2.05, 4.69) is 25.9 Å². The Morgan fingerprint density at radius 1 is 0.927 bits per heavy atom. The molecule has 9 heteroatoms. The van der Waals surface area contributed by atoms with E-state index in [0.717, 1.165) is 11.3 Å². The minimum absolute atomic E-state index is 0.225. The third-order valence-electron chi connectivity index (χ3n) is 6.80. The number of urea groups is 1. The second kappa shape index (κ2) is 11.0. The lowest BCUT2D eigenvalue weighted by molar-refractivity contribution is 0.0966. The first-order valence-corrected chi connectivity index (χ1v) is 13.1. The lowest BCUT2D eigenvalue weighted by Gasteiger charge is -2.13. The average molecular weight is 548 g/mol. The van der Waals surface area contributed by atoms with Crippen LogP contribution in [0.5, 0.6) is 5.75 Å². The number of carbonyl (C=O) groups is 2. The molecule has 0 fully saturated rings. The van der Waals surface area contributed by atoms with Crippen molar-refractivity contribution in [2.75, 3.05) is 10.6 Å². The number of imidazole rings is 1. The summed E-state index contributed by atoms with van der Waals surface area (Å²) >= 11 is 0. The van der Waals surface area contributed by atoms with Gasteiger partial charge in [0.25, 0.3) is 5.91 Å². The first kappa shape index (κ1) is 25.8. The highest BCUT2D eigenvalue weighted by Gasteiger charge is 2.28. The number of hydrogen-bond acceptors (Lipinski definition) is 4. The van der Waals surface area contributed by atoms with Crippen molar-refractivity contribution in [3.8, 4) is 28.3 Å². The summed E-state index contributed by atoms with van der Waals surface area (Å²) in [5.74, 6) is 0.513. The van der Waals surface area contributed by atoms with Gasteiger partial charge in [-0.3, -0.25) is 4.79 Å². The highest BCUT2D eigenvalue weighted by molar-refractivity contribution is 6.06. The zero-order chi connectivity index (χ0) is 28.3. The number of H-pyrrole nitrogens is 1. The minimum Gasteiger partial charge on any atom is -0.489 e. The Bertz CT molecular complexity index is 1750. The Morgan fingerprint density at radius 2 is 1.63 bits per heavy atom. The van der Waals surface area contributed by atoms with Crippen LogP contribution in [0.4, 0.5) is 20.6 Å². The fourth-order valence-electron chi connectivity index (χ4n) is 4.83. The maximum Gasteiger partial charge on any atom is 0.323 e. The molecule has 1 aliphatic rings. The highest BCUT2D eigenvalue weighted by Crippen LogP contribution is 2.37. The van der Waals surface area contributed by atoms with Crippen LogP contribution in [-0.4, -0.2) is 21.9 Å². The van der Waals surface area contributed by atoms with Gasteiger partial charge in [0.1, 0.15) is 24.0 Å². The number of aromatic nitrogens is 2. The molecule has 0 saturated carbocycles. The van der Waals surface area contributed by atoms with Crippen molar-refractivity contribution in [2.24, 2.45) is 0 Å². The third kappa shape index (κ3) is 5.51. The molecule has 0 unspecified atom stereocenters. The largest absolute Gasteiger partial charge is 0.489 e. The monoisotopic (exact) mass is 547 g/mol. The number of aromatic amines is 1. The summed E-state index contributed by atoms with van der Waals surface area (Å²) in [7, 11) is 0. The molecule has 0 aliphatic carbocycles. The summed E-state index contributed by atoms with van der Waals surface area (Å²) in [5.41, 5.74) is 5.57. The van der Waals surface area contributed by atoms with Crippen molar-refractivity contribution in [1.82, 2.24) is 15.3 Å². The molecule has 41 heavy (non-hydrogen) atoms. The molecule has 0 bridgehead atoms. The SMILES string of the molecule is Cc1cnc(-c2ccc(-c3ccc(NC(=O)Nc4ccc(OCc5ccccc5)cc4)cc3F)c3c2C(=O)NC3)[nH]1. The van der Waals surface area contributed by atoms with Gasteiger partial charge in [0, 0.05) is 40.9 Å². The van der Waals surface area contributed by atoms with Gasteiger partial charge in [-0.15, -0.1) is 0 Å². The Balaban J connectivity index is 1.13. The molecule has 6 rings (SSSR count). The molecular formula is C32H26FN5O3. The minimum atomic E-state index is -0.522. The lowest BCUT2D eigenvalue weighted by atomic mass is 9.92. The van der Waals surface area contributed by atoms with Crippen LogP contribution in [0.25, 0.3) is 22.5 Å². The maximum absolute atomic E-state index is 15.3. The number of carbonyl (C=O) groups excluding carboxylic acids is 2. The number of aryl methyl sites for hydroxylation is 1. The molecule has 5 aromatic rings. The molecule has 4 N–H and O–H groups in total. The number of rotatable bonds is 7. The molecule has 8 nitrogen and oxygen atoms in total. The summed E-state index contributed by atoms with van der Waals surface area (Å²) in [6, 6.07) is 24.4. The van der Waals surface area contributed by atoms with Gasteiger partial charge >= 0.3 is 6.03 Å². The third-order valence-corrected chi connectivity index (χ3v) is 6.80. The molecule has 0 radical (unpaired) electrons. The predicted octanol–water partition coefficient (Wildman–Crippen LogP) is 6.66. The zero-order valence-corrected chi connectivity index (χ0v) is 22.1. The van der Waals surface area contributed by atoms with Gasteiger partial charge in [0.05, 0.1) is 5.56 Å². The van der Waals surface area contributed by atoms with E-state index < -0.39 is 11.8 Å². The van der Waals surface area contributed by atoms with Crippen molar-refractivity contribution >= 4 is 23.3 Å². The van der Waals surface area contributed by atoms with Crippen LogP contribution in [0.1, 0.15) is 27.2 Å². The first-order chi connectivity index (χ1) is 19.9. The number of benzene rings is 4. The normalized spacial score (nSPS) is 12.0. The number of amides is 3. The number of anilines is 2. The Hall–Kier alpha value is -5.44. The van der Waals surface area contributed by atoms with Gasteiger partial charge < -0.3 is 25.7 Å². The van der Waals surface area contributed by atoms with Crippen LogP contribution in [-0.2, 0) is 13.2 Å². The van der Waals surface area contributed by atoms with Crippen molar-refractivity contribution in [3.05, 3.63) is 119 Å². The van der Waals surface area contributed by atoms with Crippen LogP contribution >= 0.6 is 0 Å². The number of nitrogens with one attached hydrogen (secondary N) is 4. The van der Waals surface area contributed by atoms with E-state index in [1.54, 1.807) is 54.7 Å². The summed E-state index contributed by atoms with van der Waals surface area (Å²) in [5, 5.41) is 8.23. The number of nitrogens with zero attached hydrogens (tertiary/aromatic N) is 1. The van der Waals surface area contributed by atoms with Gasteiger partial charge in [0.15, 0.2) is 0 Å².